The molecule has 0 aliphatic carbocycles. The van der Waals surface area contributed by atoms with E-state index >= 15 is 0 Å². The van der Waals surface area contributed by atoms with Crippen LogP contribution in [-0.2, 0) is 10.0 Å². The number of piperidine rings is 1. The fraction of sp³-hybridized carbons (Fsp3) is 0.583. The molecule has 0 unspecified atom stereocenters. The average Bonchev–Trinajstić information content (AvgIpc) is 2.38. The van der Waals surface area contributed by atoms with E-state index in [2.05, 4.69) is 10.3 Å². The summed E-state index contributed by atoms with van der Waals surface area (Å²) >= 11 is 0. The van der Waals surface area contributed by atoms with Gasteiger partial charge in [-0.1, -0.05) is 0 Å². The zero-order valence-corrected chi connectivity index (χ0v) is 12.0. The Bertz CT molecular complexity index is 525. The van der Waals surface area contributed by atoms with Crippen molar-refractivity contribution in [2.75, 3.05) is 31.7 Å². The van der Waals surface area contributed by atoms with Crippen molar-refractivity contribution in [2.45, 2.75) is 18.9 Å². The Morgan fingerprint density at radius 2 is 2.05 bits per heavy atom. The third-order valence-corrected chi connectivity index (χ3v) is 4.48. The lowest BCUT2D eigenvalue weighted by atomic mass is 10.1. The van der Waals surface area contributed by atoms with Gasteiger partial charge in [0.05, 0.1) is 24.3 Å². The van der Waals surface area contributed by atoms with Gasteiger partial charge < -0.3 is 10.1 Å². The molecule has 0 spiro atoms. The highest BCUT2D eigenvalue weighted by Crippen LogP contribution is 2.21. The maximum absolute atomic E-state index is 11.4. The Morgan fingerprint density at radius 3 is 2.63 bits per heavy atom. The van der Waals surface area contributed by atoms with Crippen molar-refractivity contribution in [3.63, 3.8) is 0 Å². The molecule has 1 aliphatic heterocycles. The van der Waals surface area contributed by atoms with Crippen LogP contribution in [0.15, 0.2) is 18.5 Å². The van der Waals surface area contributed by atoms with Crippen molar-refractivity contribution in [3.8, 4) is 5.75 Å². The molecule has 0 radical (unpaired) electrons. The van der Waals surface area contributed by atoms with E-state index in [1.165, 1.54) is 10.6 Å². The first-order valence-electron chi connectivity index (χ1n) is 6.23. The van der Waals surface area contributed by atoms with E-state index in [1.807, 2.05) is 13.1 Å². The predicted octanol–water partition coefficient (Wildman–Crippen LogP) is 0.926. The molecule has 0 saturated carbocycles. The number of nitrogens with zero attached hydrogens (tertiary/aromatic N) is 2. The average molecular weight is 285 g/mol. The number of pyridine rings is 1. The summed E-state index contributed by atoms with van der Waals surface area (Å²) < 4.78 is 30.1. The number of hydrogen-bond donors (Lipinski definition) is 1. The molecule has 6 nitrogen and oxygen atoms in total. The summed E-state index contributed by atoms with van der Waals surface area (Å²) in [5.74, 6) is 0.713. The largest absolute Gasteiger partial charge is 0.489 e. The van der Waals surface area contributed by atoms with Gasteiger partial charge in [0.15, 0.2) is 0 Å². The number of sulfonamides is 1. The fourth-order valence-corrected chi connectivity index (χ4v) is 2.97. The summed E-state index contributed by atoms with van der Waals surface area (Å²) in [4.78, 5) is 4.08. The van der Waals surface area contributed by atoms with Crippen molar-refractivity contribution >= 4 is 15.7 Å². The second-order valence-electron chi connectivity index (χ2n) is 4.64. The van der Waals surface area contributed by atoms with Gasteiger partial charge in [-0.2, -0.15) is 0 Å². The standard InChI is InChI=1S/C12H19N3O3S/c1-13-10-7-12(9-14-8-10)18-11-3-5-15(6-4-11)19(2,16)17/h7-9,11,13H,3-6H2,1-2H3. The lowest BCUT2D eigenvalue weighted by Gasteiger charge is -2.30. The van der Waals surface area contributed by atoms with E-state index in [0.717, 1.165) is 5.69 Å². The third-order valence-electron chi connectivity index (χ3n) is 3.17. The molecule has 0 aromatic carbocycles. The van der Waals surface area contributed by atoms with Crippen molar-refractivity contribution in [2.24, 2.45) is 0 Å². The van der Waals surface area contributed by atoms with Gasteiger partial charge in [-0.25, -0.2) is 12.7 Å². The van der Waals surface area contributed by atoms with Gasteiger partial charge in [-0.05, 0) is 12.8 Å². The minimum atomic E-state index is -3.08. The number of anilines is 1. The van der Waals surface area contributed by atoms with Gasteiger partial charge in [-0.15, -0.1) is 0 Å². The maximum Gasteiger partial charge on any atom is 0.211 e. The van der Waals surface area contributed by atoms with Crippen molar-refractivity contribution in [1.29, 1.82) is 0 Å². The van der Waals surface area contributed by atoms with E-state index in [-0.39, 0.29) is 6.10 Å². The van der Waals surface area contributed by atoms with Crippen LogP contribution in [0.2, 0.25) is 0 Å². The molecule has 0 amide bonds. The van der Waals surface area contributed by atoms with Crippen LogP contribution in [0.4, 0.5) is 5.69 Å². The molecule has 1 aromatic rings. The molecule has 1 aliphatic rings. The van der Waals surface area contributed by atoms with Gasteiger partial charge in [0, 0.05) is 26.2 Å². The van der Waals surface area contributed by atoms with Crippen molar-refractivity contribution in [3.05, 3.63) is 18.5 Å². The molecule has 0 atom stereocenters. The van der Waals surface area contributed by atoms with Crippen LogP contribution in [0.1, 0.15) is 12.8 Å². The fourth-order valence-electron chi connectivity index (χ4n) is 2.09. The molecule has 106 valence electrons. The lowest BCUT2D eigenvalue weighted by Crippen LogP contribution is -2.41. The second kappa shape index (κ2) is 5.75. The zero-order chi connectivity index (χ0) is 13.9. The van der Waals surface area contributed by atoms with Crippen LogP contribution in [0, 0.1) is 0 Å². The lowest BCUT2D eigenvalue weighted by molar-refractivity contribution is 0.135. The number of hydrogen-bond acceptors (Lipinski definition) is 5. The van der Waals surface area contributed by atoms with Gasteiger partial charge in [0.25, 0.3) is 0 Å². The van der Waals surface area contributed by atoms with Crippen LogP contribution in [0.3, 0.4) is 0 Å². The molecule has 1 fully saturated rings. The number of aromatic nitrogens is 1. The van der Waals surface area contributed by atoms with E-state index in [9.17, 15) is 8.42 Å². The molecule has 1 aromatic heterocycles. The first kappa shape index (κ1) is 14.1. The molecule has 0 bridgehead atoms. The molecule has 1 N–H and O–H groups in total. The molecule has 1 saturated heterocycles. The predicted molar refractivity (Wildman–Crippen MR) is 73.9 cm³/mol. The molecular weight excluding hydrogens is 266 g/mol. The SMILES string of the molecule is CNc1cncc(OC2CCN(S(C)(=O)=O)CC2)c1. The topological polar surface area (TPSA) is 71.5 Å². The van der Waals surface area contributed by atoms with E-state index in [4.69, 9.17) is 4.74 Å². The maximum atomic E-state index is 11.4. The van der Waals surface area contributed by atoms with E-state index in [1.54, 1.807) is 12.4 Å². The minimum absolute atomic E-state index is 0.0481. The summed E-state index contributed by atoms with van der Waals surface area (Å²) in [5, 5.41) is 3.00. The zero-order valence-electron chi connectivity index (χ0n) is 11.2. The highest BCUT2D eigenvalue weighted by molar-refractivity contribution is 7.88. The number of ether oxygens (including phenoxy) is 1. The Morgan fingerprint density at radius 1 is 1.37 bits per heavy atom. The normalized spacial score (nSPS) is 18.2. The smallest absolute Gasteiger partial charge is 0.211 e. The monoisotopic (exact) mass is 285 g/mol. The Hall–Kier alpha value is -1.34. The highest BCUT2D eigenvalue weighted by atomic mass is 32.2. The number of rotatable bonds is 4. The number of nitrogens with one attached hydrogen (secondary N) is 1. The highest BCUT2D eigenvalue weighted by Gasteiger charge is 2.25. The summed E-state index contributed by atoms with van der Waals surface area (Å²) in [6, 6.07) is 1.88. The van der Waals surface area contributed by atoms with E-state index in [0.29, 0.717) is 31.7 Å². The van der Waals surface area contributed by atoms with Gasteiger partial charge >= 0.3 is 0 Å². The van der Waals surface area contributed by atoms with Crippen LogP contribution in [0.5, 0.6) is 5.75 Å². The van der Waals surface area contributed by atoms with E-state index < -0.39 is 10.0 Å². The van der Waals surface area contributed by atoms with Crippen LogP contribution >= 0.6 is 0 Å². The molecule has 7 heteroatoms. The third kappa shape index (κ3) is 3.81. The van der Waals surface area contributed by atoms with Crippen molar-refractivity contribution in [1.82, 2.24) is 9.29 Å². The summed E-state index contributed by atoms with van der Waals surface area (Å²) in [5.41, 5.74) is 0.895. The van der Waals surface area contributed by atoms with Gasteiger partial charge in [0.1, 0.15) is 11.9 Å². The molecule has 19 heavy (non-hydrogen) atoms. The quantitative estimate of drug-likeness (QED) is 0.891. The first-order valence-corrected chi connectivity index (χ1v) is 8.08. The molecular formula is C12H19N3O3S. The molecule has 2 heterocycles. The summed E-state index contributed by atoms with van der Waals surface area (Å²) in [7, 11) is -1.25. The minimum Gasteiger partial charge on any atom is -0.489 e. The summed E-state index contributed by atoms with van der Waals surface area (Å²) in [6.45, 7) is 1.03. The summed E-state index contributed by atoms with van der Waals surface area (Å²) in [6.07, 6.45) is 6.09. The Kier molecular flexibility index (Phi) is 4.26. The Balaban J connectivity index is 1.92. The van der Waals surface area contributed by atoms with Gasteiger partial charge in [0.2, 0.25) is 10.0 Å². The first-order chi connectivity index (χ1) is 8.99. The Labute approximate surface area is 113 Å². The van der Waals surface area contributed by atoms with Gasteiger partial charge in [-0.3, -0.25) is 4.98 Å². The molecule has 2 rings (SSSR count). The van der Waals surface area contributed by atoms with Crippen LogP contribution in [0.25, 0.3) is 0 Å². The van der Waals surface area contributed by atoms with Crippen molar-refractivity contribution < 1.29 is 13.2 Å². The second-order valence-corrected chi connectivity index (χ2v) is 6.62. The van der Waals surface area contributed by atoms with Crippen LogP contribution < -0.4 is 10.1 Å². The van der Waals surface area contributed by atoms with Crippen LogP contribution in [-0.4, -0.2) is 50.2 Å².